The van der Waals surface area contributed by atoms with Gasteiger partial charge in [0.15, 0.2) is 0 Å². The molecule has 11 heteroatoms. The van der Waals surface area contributed by atoms with Crippen LogP contribution < -0.4 is 14.4 Å². The quantitative estimate of drug-likeness (QED) is 0.313. The number of allylic oxidation sites excluding steroid dienone is 1. The molecule has 2 saturated heterocycles. The highest BCUT2D eigenvalue weighted by Crippen LogP contribution is 2.45. The van der Waals surface area contributed by atoms with E-state index in [1.165, 1.54) is 24.0 Å². The molecule has 4 heterocycles. The van der Waals surface area contributed by atoms with Gasteiger partial charge in [-0.2, -0.15) is 0 Å². The molecule has 2 aromatic rings. The zero-order valence-corrected chi connectivity index (χ0v) is 34.5. The predicted octanol–water partition coefficient (Wildman–Crippen LogP) is 6.70. The molecule has 4 aliphatic heterocycles. The summed E-state index contributed by atoms with van der Waals surface area (Å²) in [7, 11) is -1.50. The molecule has 298 valence electrons. The first-order chi connectivity index (χ1) is 26.2. The lowest BCUT2D eigenvalue weighted by Crippen LogP contribution is -2.59. The summed E-state index contributed by atoms with van der Waals surface area (Å²) in [4.78, 5) is 21.3. The van der Waals surface area contributed by atoms with Gasteiger partial charge in [-0.15, -0.1) is 0 Å². The molecule has 5 aliphatic rings. The minimum Gasteiger partial charge on any atom is -0.491 e. The average molecular weight is 784 g/mol. The van der Waals surface area contributed by atoms with Gasteiger partial charge in [0.25, 0.3) is 5.91 Å². The Morgan fingerprint density at radius 1 is 1.00 bits per heavy atom. The van der Waals surface area contributed by atoms with E-state index in [1.807, 2.05) is 38.1 Å². The summed E-state index contributed by atoms with van der Waals surface area (Å²) in [5.74, 6) is 2.38. The van der Waals surface area contributed by atoms with Crippen LogP contribution in [-0.4, -0.2) is 109 Å². The second kappa shape index (κ2) is 19.6. The largest absolute Gasteiger partial charge is 0.491 e. The van der Waals surface area contributed by atoms with Crippen molar-refractivity contribution in [2.24, 2.45) is 23.7 Å². The van der Waals surface area contributed by atoms with E-state index in [2.05, 4.69) is 57.6 Å². The number of rotatable bonds is 6. The van der Waals surface area contributed by atoms with Gasteiger partial charge in [0.1, 0.15) is 16.7 Å². The first kappa shape index (κ1) is 41.2. The Bertz CT molecular complexity index is 1610. The van der Waals surface area contributed by atoms with E-state index < -0.39 is 11.0 Å². The van der Waals surface area contributed by atoms with E-state index in [0.717, 1.165) is 101 Å². The Hall–Kier alpha value is -2.47. The number of hydrogen-bond donors (Lipinski definition) is 2. The molecule has 1 saturated carbocycles. The molecular formula is C43H63ClN4O5S. The highest BCUT2D eigenvalue weighted by Gasteiger charge is 2.40. The van der Waals surface area contributed by atoms with Crippen molar-refractivity contribution in [1.29, 1.82) is 0 Å². The number of aryl methyl sites for hydroxylation is 1. The lowest BCUT2D eigenvalue weighted by Gasteiger charge is -2.48. The fourth-order valence-electron chi connectivity index (χ4n) is 8.85. The number of anilines is 1. The number of aliphatic hydroxyl groups is 1. The Kier molecular flexibility index (Phi) is 14.9. The van der Waals surface area contributed by atoms with Gasteiger partial charge in [-0.3, -0.25) is 19.3 Å². The molecule has 2 aromatic carbocycles. The minimum atomic E-state index is -1.50. The molecule has 9 nitrogen and oxygen atoms in total. The fraction of sp³-hybridized carbons (Fsp3) is 0.651. The highest BCUT2D eigenvalue weighted by atomic mass is 35.5. The number of piperazine rings is 1. The first-order valence-electron chi connectivity index (χ1n) is 20.5. The lowest BCUT2D eigenvalue weighted by molar-refractivity contribution is -0.0492. The van der Waals surface area contributed by atoms with Crippen LogP contribution >= 0.6 is 11.6 Å². The first-order valence-corrected chi connectivity index (χ1v) is 22.1. The zero-order chi connectivity index (χ0) is 38.2. The van der Waals surface area contributed by atoms with Gasteiger partial charge in [-0.25, -0.2) is 4.21 Å². The van der Waals surface area contributed by atoms with Crippen LogP contribution in [0.25, 0.3) is 0 Å². The Morgan fingerprint density at radius 2 is 1.83 bits per heavy atom. The lowest BCUT2D eigenvalue weighted by atomic mass is 9.66. The number of hydrogen-bond acceptors (Lipinski definition) is 8. The number of benzene rings is 2. The standard InChI is InChI=1S/C40H55ClN4O4S.C3H8O/c1-4-6-29-19-34(41)11-13-36(29)33-23-45-22-32-9-12-37(32)31(21-43-15-16-44-17-18-48-26-35(44)24-43)8-5-7-27(2)28(3)50(47)42-40(46)30-10-14-39(49-25-33)38(45)20-30;1-2-3-4/h5,8,10-11,13-14,19-20,27-28,31-33,35,37H,4,6-7,9,12,15-18,21-26H2,1-3H3,(H,42,46);4H,2-3H2,1H3/b8-5+;. The molecular weight excluding hydrogens is 720 g/mol. The number of fused-ring (bicyclic) bond motifs is 3. The number of nitrogens with one attached hydrogen (secondary N) is 1. The van der Waals surface area contributed by atoms with Crippen molar-refractivity contribution in [1.82, 2.24) is 14.5 Å². The molecule has 2 N–H and O–H groups in total. The van der Waals surface area contributed by atoms with E-state index >= 15 is 0 Å². The van der Waals surface area contributed by atoms with Crippen molar-refractivity contribution < 1.29 is 23.6 Å². The van der Waals surface area contributed by atoms with E-state index in [1.54, 1.807) is 0 Å². The number of carbonyl (C=O) groups excluding carboxylic acids is 1. The third kappa shape index (κ3) is 10.1. The topological polar surface area (TPSA) is 94.6 Å². The molecule has 2 bridgehead atoms. The maximum absolute atomic E-state index is 13.5. The van der Waals surface area contributed by atoms with E-state index in [-0.39, 0.29) is 23.0 Å². The fourth-order valence-corrected chi connectivity index (χ4v) is 10.1. The van der Waals surface area contributed by atoms with Gasteiger partial charge in [-0.1, -0.05) is 57.0 Å². The zero-order valence-electron chi connectivity index (χ0n) is 32.9. The molecule has 7 rings (SSSR count). The van der Waals surface area contributed by atoms with Crippen molar-refractivity contribution in [3.63, 3.8) is 0 Å². The van der Waals surface area contributed by atoms with Crippen LogP contribution in [0.4, 0.5) is 5.69 Å². The summed E-state index contributed by atoms with van der Waals surface area (Å²) in [6.45, 7) is 17.9. The molecule has 8 unspecified atom stereocenters. The molecule has 3 fully saturated rings. The monoisotopic (exact) mass is 782 g/mol. The molecule has 0 aromatic heterocycles. The highest BCUT2D eigenvalue weighted by molar-refractivity contribution is 7.84. The summed E-state index contributed by atoms with van der Waals surface area (Å²) in [6.07, 6.45) is 11.0. The van der Waals surface area contributed by atoms with Gasteiger partial charge in [0.2, 0.25) is 0 Å². The van der Waals surface area contributed by atoms with Gasteiger partial charge in [-0.05, 0) is 104 Å². The van der Waals surface area contributed by atoms with Crippen LogP contribution in [0.3, 0.4) is 0 Å². The van der Waals surface area contributed by atoms with Gasteiger partial charge in [0, 0.05) is 75.0 Å². The predicted molar refractivity (Wildman–Crippen MR) is 220 cm³/mol. The van der Waals surface area contributed by atoms with Crippen molar-refractivity contribution in [3.8, 4) is 5.75 Å². The smallest absolute Gasteiger partial charge is 0.263 e. The second-order valence-corrected chi connectivity index (χ2v) is 18.2. The third-order valence-electron chi connectivity index (χ3n) is 12.4. The molecule has 8 atom stereocenters. The summed E-state index contributed by atoms with van der Waals surface area (Å²) >= 11 is 6.49. The van der Waals surface area contributed by atoms with Crippen molar-refractivity contribution in [2.75, 3.05) is 77.1 Å². The van der Waals surface area contributed by atoms with Gasteiger partial charge < -0.3 is 19.5 Å². The van der Waals surface area contributed by atoms with E-state index in [0.29, 0.717) is 42.6 Å². The normalized spacial score (nSPS) is 31.3. The van der Waals surface area contributed by atoms with Crippen LogP contribution in [0, 0.1) is 23.7 Å². The number of nitrogens with zero attached hydrogens (tertiary/aromatic N) is 3. The Labute approximate surface area is 331 Å². The Morgan fingerprint density at radius 3 is 2.59 bits per heavy atom. The molecule has 0 radical (unpaired) electrons. The van der Waals surface area contributed by atoms with Crippen LogP contribution in [0.1, 0.15) is 87.2 Å². The van der Waals surface area contributed by atoms with Crippen LogP contribution in [0.15, 0.2) is 48.6 Å². The number of ether oxygens (including phenoxy) is 2. The summed E-state index contributed by atoms with van der Waals surface area (Å²) in [5.41, 5.74) is 4.05. The van der Waals surface area contributed by atoms with Crippen molar-refractivity contribution in [2.45, 2.75) is 83.4 Å². The third-order valence-corrected chi connectivity index (χ3v) is 14.2. The summed E-state index contributed by atoms with van der Waals surface area (Å²) in [6, 6.07) is 12.5. The molecule has 1 aliphatic carbocycles. The maximum Gasteiger partial charge on any atom is 0.263 e. The second-order valence-electron chi connectivity index (χ2n) is 16.2. The van der Waals surface area contributed by atoms with Gasteiger partial charge in [0.05, 0.1) is 30.8 Å². The average Bonchev–Trinajstić information content (AvgIpc) is 3.34. The number of aliphatic hydroxyl groups excluding tert-OH is 1. The number of amides is 1. The van der Waals surface area contributed by atoms with Crippen LogP contribution in [0.5, 0.6) is 5.75 Å². The SMILES string of the molecule is CCCO.CCCc1cc(Cl)ccc1C1COc2ccc3cc2N(C1)CC1CCC1C(CN1CCN2CCOCC2C1)/C=C/CC(C)C(C)S(=O)NC3=O. The van der Waals surface area contributed by atoms with E-state index in [9.17, 15) is 9.00 Å². The van der Waals surface area contributed by atoms with Crippen LogP contribution in [-0.2, 0) is 22.1 Å². The van der Waals surface area contributed by atoms with Crippen LogP contribution in [0.2, 0.25) is 5.02 Å². The summed E-state index contributed by atoms with van der Waals surface area (Å²) < 4.78 is 28.7. The van der Waals surface area contributed by atoms with Gasteiger partial charge >= 0.3 is 0 Å². The summed E-state index contributed by atoms with van der Waals surface area (Å²) in [5, 5.41) is 8.47. The number of morpholine rings is 1. The Balaban J connectivity index is 0.00000119. The maximum atomic E-state index is 13.5. The van der Waals surface area contributed by atoms with Crippen molar-refractivity contribution in [3.05, 3.63) is 70.3 Å². The molecule has 0 spiro atoms. The molecule has 54 heavy (non-hydrogen) atoms. The number of halogens is 1. The number of carbonyl (C=O) groups is 1. The molecule has 1 amide bonds. The van der Waals surface area contributed by atoms with E-state index in [4.69, 9.17) is 26.2 Å². The van der Waals surface area contributed by atoms with Crippen molar-refractivity contribution >= 4 is 34.2 Å². The minimum absolute atomic E-state index is 0.155.